The molecule has 5 heteroatoms. The minimum atomic E-state index is -0.203. The molecule has 0 saturated heterocycles. The number of aryl methyl sites for hydroxylation is 1. The Kier molecular flexibility index (Phi) is 16.6. The van der Waals surface area contributed by atoms with Gasteiger partial charge >= 0.3 is 0 Å². The van der Waals surface area contributed by atoms with Crippen LogP contribution in [0, 0.1) is 0 Å². The van der Waals surface area contributed by atoms with Crippen LogP contribution in [-0.2, 0) is 6.42 Å². The second-order valence-corrected chi connectivity index (χ2v) is 9.77. The maximum absolute atomic E-state index is 12.7. The first-order chi connectivity index (χ1) is 17.7. The molecule has 0 aliphatic heterocycles. The van der Waals surface area contributed by atoms with E-state index in [9.17, 15) is 9.90 Å². The van der Waals surface area contributed by atoms with Crippen LogP contribution < -0.4 is 10.6 Å². The predicted octanol–water partition coefficient (Wildman–Crippen LogP) is 6.04. The molecule has 0 fully saturated rings. The Hall–Kier alpha value is -2.21. The van der Waals surface area contributed by atoms with Gasteiger partial charge in [-0.05, 0) is 50.4 Å². The van der Waals surface area contributed by atoms with E-state index in [2.05, 4.69) is 10.6 Å². The van der Waals surface area contributed by atoms with Gasteiger partial charge in [0.15, 0.2) is 5.78 Å². The number of carbonyl (C=O) groups excluding carboxylic acids is 1. The van der Waals surface area contributed by atoms with Crippen molar-refractivity contribution in [2.45, 2.75) is 89.5 Å². The second-order valence-electron chi connectivity index (χ2n) is 9.77. The van der Waals surface area contributed by atoms with Crippen LogP contribution in [-0.4, -0.2) is 48.3 Å². The van der Waals surface area contributed by atoms with Gasteiger partial charge in [-0.25, -0.2) is 0 Å². The van der Waals surface area contributed by atoms with Crippen molar-refractivity contribution >= 4 is 5.78 Å². The lowest BCUT2D eigenvalue weighted by Gasteiger charge is -2.17. The minimum absolute atomic E-state index is 0.0515. The average molecular weight is 497 g/mol. The number of aromatic hydroxyl groups is 1. The molecule has 0 saturated carbocycles. The number of phenols is 1. The Morgan fingerprint density at radius 3 is 1.94 bits per heavy atom. The van der Waals surface area contributed by atoms with Gasteiger partial charge in [0.1, 0.15) is 5.75 Å². The van der Waals surface area contributed by atoms with Crippen LogP contribution in [0.3, 0.4) is 0 Å². The number of aliphatic hydroxyl groups is 1. The van der Waals surface area contributed by atoms with E-state index >= 15 is 0 Å². The van der Waals surface area contributed by atoms with Gasteiger partial charge in [-0.2, -0.15) is 0 Å². The highest BCUT2D eigenvalue weighted by Gasteiger charge is 2.18. The zero-order valence-electron chi connectivity index (χ0n) is 22.1. The van der Waals surface area contributed by atoms with Crippen LogP contribution in [0.25, 0.3) is 0 Å². The molecule has 4 N–H and O–H groups in total. The van der Waals surface area contributed by atoms with E-state index in [1.54, 1.807) is 6.07 Å². The molecule has 1 atom stereocenters. The lowest BCUT2D eigenvalue weighted by molar-refractivity contribution is 0.0933. The number of hydrogen-bond donors (Lipinski definition) is 4. The largest absolute Gasteiger partial charge is 0.508 e. The number of phenolic OH excluding ortho intramolecular Hbond substituents is 1. The summed E-state index contributed by atoms with van der Waals surface area (Å²) in [6.07, 6.45) is 15.3. The first kappa shape index (κ1) is 30.0. The summed E-state index contributed by atoms with van der Waals surface area (Å²) < 4.78 is 0. The highest BCUT2D eigenvalue weighted by atomic mass is 16.3. The fourth-order valence-electron chi connectivity index (χ4n) is 4.63. The molecule has 0 heterocycles. The molecule has 0 aliphatic rings. The number of rotatable bonds is 22. The smallest absolute Gasteiger partial charge is 0.179 e. The van der Waals surface area contributed by atoms with Crippen molar-refractivity contribution in [3.05, 3.63) is 65.7 Å². The lowest BCUT2D eigenvalue weighted by atomic mass is 9.98. The van der Waals surface area contributed by atoms with Gasteiger partial charge in [-0.1, -0.05) is 106 Å². The molecule has 2 aromatic rings. The Balaban J connectivity index is 1.38. The Morgan fingerprint density at radius 1 is 0.694 bits per heavy atom. The molecule has 2 rings (SSSR count). The van der Waals surface area contributed by atoms with Crippen molar-refractivity contribution < 1.29 is 15.0 Å². The lowest BCUT2D eigenvalue weighted by Crippen LogP contribution is -2.38. The second kappa shape index (κ2) is 19.9. The van der Waals surface area contributed by atoms with Crippen LogP contribution in [0.1, 0.15) is 93.0 Å². The molecule has 0 spiro atoms. The number of ketones is 1. The maximum atomic E-state index is 12.7. The molecule has 0 amide bonds. The van der Waals surface area contributed by atoms with E-state index < -0.39 is 0 Å². The van der Waals surface area contributed by atoms with Crippen LogP contribution in [0.15, 0.2) is 54.6 Å². The van der Waals surface area contributed by atoms with E-state index in [0.717, 1.165) is 56.3 Å². The molecule has 5 nitrogen and oxygen atoms in total. The third-order valence-electron chi connectivity index (χ3n) is 6.76. The Bertz CT molecular complexity index is 812. The molecule has 36 heavy (non-hydrogen) atoms. The van der Waals surface area contributed by atoms with Gasteiger partial charge in [0.05, 0.1) is 12.6 Å². The van der Waals surface area contributed by atoms with Crippen LogP contribution in [0.5, 0.6) is 5.75 Å². The molecule has 2 aromatic carbocycles. The zero-order chi connectivity index (χ0) is 25.7. The molecule has 0 radical (unpaired) electrons. The third-order valence-corrected chi connectivity index (χ3v) is 6.76. The third kappa shape index (κ3) is 13.2. The predicted molar refractivity (Wildman–Crippen MR) is 150 cm³/mol. The van der Waals surface area contributed by atoms with Crippen molar-refractivity contribution in [3.8, 4) is 5.75 Å². The summed E-state index contributed by atoms with van der Waals surface area (Å²) in [6.45, 7) is 2.60. The number of Topliss-reactive ketones (excluding diaryl/α,β-unsaturated/α-hetero) is 1. The van der Waals surface area contributed by atoms with E-state index in [-0.39, 0.29) is 18.4 Å². The number of para-hydroxylation sites is 1. The standard InChI is InChI=1S/C31H48N2O3/c34-26-25-33-29(31(36)28-18-10-9-11-19-28)21-12-7-5-3-1-2-4-6-8-15-23-32-24-16-20-27-17-13-14-22-30(27)35/h9-11,13-14,17-19,22,29,32-35H,1-8,12,15-16,20-21,23-26H2. The SMILES string of the molecule is O=C(c1ccccc1)C(CCCCCCCCCCCCNCCCc1ccccc1O)NCCO. The maximum Gasteiger partial charge on any atom is 0.179 e. The van der Waals surface area contributed by atoms with Crippen molar-refractivity contribution in [3.63, 3.8) is 0 Å². The van der Waals surface area contributed by atoms with Crippen LogP contribution >= 0.6 is 0 Å². The van der Waals surface area contributed by atoms with E-state index in [4.69, 9.17) is 5.11 Å². The molecule has 1 unspecified atom stereocenters. The molecular weight excluding hydrogens is 448 g/mol. The van der Waals surface area contributed by atoms with Crippen molar-refractivity contribution in [1.29, 1.82) is 0 Å². The quantitative estimate of drug-likeness (QED) is 0.118. The van der Waals surface area contributed by atoms with Crippen molar-refractivity contribution in [1.82, 2.24) is 10.6 Å². The van der Waals surface area contributed by atoms with Gasteiger partial charge in [0.25, 0.3) is 0 Å². The van der Waals surface area contributed by atoms with Crippen molar-refractivity contribution in [2.24, 2.45) is 0 Å². The minimum Gasteiger partial charge on any atom is -0.508 e. The fraction of sp³-hybridized carbons (Fsp3) is 0.581. The van der Waals surface area contributed by atoms with Gasteiger partial charge in [-0.15, -0.1) is 0 Å². The topological polar surface area (TPSA) is 81.6 Å². The number of hydrogen-bond acceptors (Lipinski definition) is 5. The summed E-state index contributed by atoms with van der Waals surface area (Å²) >= 11 is 0. The highest BCUT2D eigenvalue weighted by Crippen LogP contribution is 2.17. The summed E-state index contributed by atoms with van der Waals surface area (Å²) in [5.74, 6) is 0.541. The first-order valence-corrected chi connectivity index (χ1v) is 14.1. The zero-order valence-corrected chi connectivity index (χ0v) is 22.1. The monoisotopic (exact) mass is 496 g/mol. The molecule has 0 aromatic heterocycles. The number of unbranched alkanes of at least 4 members (excludes halogenated alkanes) is 9. The molecule has 0 bridgehead atoms. The Morgan fingerprint density at radius 2 is 1.28 bits per heavy atom. The molecule has 200 valence electrons. The Labute approximate surface area is 218 Å². The number of aliphatic hydroxyl groups excluding tert-OH is 1. The highest BCUT2D eigenvalue weighted by molar-refractivity contribution is 6.00. The fourth-order valence-corrected chi connectivity index (χ4v) is 4.63. The van der Waals surface area contributed by atoms with Gasteiger partial charge < -0.3 is 20.8 Å². The summed E-state index contributed by atoms with van der Waals surface area (Å²) in [5.41, 5.74) is 1.78. The normalized spacial score (nSPS) is 12.0. The average Bonchev–Trinajstić information content (AvgIpc) is 2.91. The van der Waals surface area contributed by atoms with Gasteiger partial charge in [0.2, 0.25) is 0 Å². The van der Waals surface area contributed by atoms with Crippen LogP contribution in [0.2, 0.25) is 0 Å². The van der Waals surface area contributed by atoms with E-state index in [1.165, 1.54) is 51.4 Å². The first-order valence-electron chi connectivity index (χ1n) is 14.1. The van der Waals surface area contributed by atoms with E-state index in [0.29, 0.717) is 12.3 Å². The number of nitrogens with one attached hydrogen (secondary N) is 2. The number of carbonyl (C=O) groups is 1. The summed E-state index contributed by atoms with van der Waals surface area (Å²) in [5, 5.41) is 25.7. The summed E-state index contributed by atoms with van der Waals surface area (Å²) in [7, 11) is 0. The molecular formula is C31H48N2O3. The summed E-state index contributed by atoms with van der Waals surface area (Å²) in [4.78, 5) is 12.7. The van der Waals surface area contributed by atoms with Gasteiger partial charge in [-0.3, -0.25) is 4.79 Å². The van der Waals surface area contributed by atoms with E-state index in [1.807, 2.05) is 48.5 Å². The summed E-state index contributed by atoms with van der Waals surface area (Å²) in [6, 6.07) is 16.9. The number of benzene rings is 2. The van der Waals surface area contributed by atoms with Crippen molar-refractivity contribution in [2.75, 3.05) is 26.2 Å². The van der Waals surface area contributed by atoms with Gasteiger partial charge in [0, 0.05) is 12.1 Å². The van der Waals surface area contributed by atoms with Crippen LogP contribution in [0.4, 0.5) is 0 Å². The molecule has 0 aliphatic carbocycles.